The van der Waals surface area contributed by atoms with Crippen molar-refractivity contribution in [3.63, 3.8) is 0 Å². The van der Waals surface area contributed by atoms with Crippen LogP contribution in [0.25, 0.3) is 10.8 Å². The fraction of sp³-hybridized carbons (Fsp3) is 0.111. The molecule has 24 heavy (non-hydrogen) atoms. The normalized spacial score (nSPS) is 10.7. The van der Waals surface area contributed by atoms with E-state index in [0.29, 0.717) is 21.5 Å². The molecule has 0 amide bonds. The molecular weight excluding hydrogens is 346 g/mol. The molecule has 122 valence electrons. The maximum atomic E-state index is 12.1. The highest BCUT2D eigenvalue weighted by atomic mass is 35.5. The van der Waals surface area contributed by atoms with Gasteiger partial charge in [-0.25, -0.2) is 4.79 Å². The summed E-state index contributed by atoms with van der Waals surface area (Å²) in [5, 5.41) is 1.95. The molecule has 0 aliphatic carbocycles. The molecule has 2 aromatic carbocycles. The number of aromatic amines is 1. The molecule has 1 aromatic heterocycles. The van der Waals surface area contributed by atoms with Crippen LogP contribution in [0.1, 0.15) is 10.5 Å². The lowest BCUT2D eigenvalue weighted by molar-refractivity contribution is 0.0523. The second-order valence-electron chi connectivity index (χ2n) is 5.04. The smallest absolute Gasteiger partial charge is 0.354 e. The Balaban J connectivity index is 1.59. The van der Waals surface area contributed by atoms with E-state index in [4.69, 9.17) is 16.3 Å². The topological polar surface area (TPSA) is 59.2 Å². The monoisotopic (exact) mass is 359 g/mol. The Hall–Kier alpha value is -2.24. The van der Waals surface area contributed by atoms with Gasteiger partial charge in [0, 0.05) is 21.1 Å². The molecule has 0 aliphatic heterocycles. The summed E-state index contributed by atoms with van der Waals surface area (Å²) >= 11 is 7.39. The van der Waals surface area contributed by atoms with Gasteiger partial charge < -0.3 is 9.72 Å². The third kappa shape index (κ3) is 3.99. The van der Waals surface area contributed by atoms with Crippen LogP contribution in [0.2, 0.25) is 5.02 Å². The highest BCUT2D eigenvalue weighted by Gasteiger charge is 2.10. The van der Waals surface area contributed by atoms with Crippen LogP contribution < -0.4 is 5.56 Å². The van der Waals surface area contributed by atoms with Gasteiger partial charge in [-0.3, -0.25) is 4.79 Å². The number of H-pyrrole nitrogens is 1. The Morgan fingerprint density at radius 3 is 2.67 bits per heavy atom. The number of aromatic nitrogens is 1. The van der Waals surface area contributed by atoms with Crippen LogP contribution >= 0.6 is 23.4 Å². The van der Waals surface area contributed by atoms with Gasteiger partial charge >= 0.3 is 5.97 Å². The number of fused-ring (bicyclic) bond motifs is 1. The van der Waals surface area contributed by atoms with Crippen molar-refractivity contribution in [2.24, 2.45) is 0 Å². The lowest BCUT2D eigenvalue weighted by Crippen LogP contribution is -2.16. The summed E-state index contributed by atoms with van der Waals surface area (Å²) in [5.74, 6) is 0.0834. The molecule has 0 unspecified atom stereocenters. The van der Waals surface area contributed by atoms with Crippen molar-refractivity contribution in [3.05, 3.63) is 75.7 Å². The molecule has 6 heteroatoms. The fourth-order valence-electron chi connectivity index (χ4n) is 2.22. The summed E-state index contributed by atoms with van der Waals surface area (Å²) in [7, 11) is 0. The maximum absolute atomic E-state index is 12.1. The fourth-order valence-corrected chi connectivity index (χ4v) is 3.08. The van der Waals surface area contributed by atoms with Crippen LogP contribution in [0.4, 0.5) is 0 Å². The van der Waals surface area contributed by atoms with Gasteiger partial charge in [0.15, 0.2) is 0 Å². The average molecular weight is 360 g/mol. The first-order valence-electron chi connectivity index (χ1n) is 7.31. The highest BCUT2D eigenvalue weighted by Crippen LogP contribution is 2.20. The predicted molar refractivity (Wildman–Crippen MR) is 97.0 cm³/mol. The Morgan fingerprint density at radius 1 is 1.12 bits per heavy atom. The molecular formula is C18H14ClNO3S. The van der Waals surface area contributed by atoms with Crippen LogP contribution in [0.5, 0.6) is 0 Å². The molecule has 3 aromatic rings. The van der Waals surface area contributed by atoms with E-state index in [-0.39, 0.29) is 17.9 Å². The summed E-state index contributed by atoms with van der Waals surface area (Å²) in [6.07, 6.45) is 0. The molecule has 1 N–H and O–H groups in total. The number of benzene rings is 2. The minimum Gasteiger partial charge on any atom is -0.460 e. The molecule has 0 aliphatic rings. The first kappa shape index (κ1) is 16.6. The zero-order valence-corrected chi connectivity index (χ0v) is 14.2. The largest absolute Gasteiger partial charge is 0.460 e. The molecule has 0 spiro atoms. The zero-order valence-electron chi connectivity index (χ0n) is 12.6. The van der Waals surface area contributed by atoms with E-state index in [0.717, 1.165) is 4.90 Å². The molecule has 0 fully saturated rings. The van der Waals surface area contributed by atoms with Crippen LogP contribution in [-0.4, -0.2) is 23.3 Å². The van der Waals surface area contributed by atoms with Gasteiger partial charge in [0.05, 0.1) is 0 Å². The zero-order chi connectivity index (χ0) is 16.9. The molecule has 0 radical (unpaired) electrons. The van der Waals surface area contributed by atoms with E-state index in [1.54, 1.807) is 36.0 Å². The Morgan fingerprint density at radius 2 is 1.88 bits per heavy atom. The van der Waals surface area contributed by atoms with Gasteiger partial charge in [-0.05, 0) is 41.8 Å². The number of pyridine rings is 1. The van der Waals surface area contributed by atoms with Crippen molar-refractivity contribution in [1.29, 1.82) is 0 Å². The van der Waals surface area contributed by atoms with Crippen molar-refractivity contribution in [2.45, 2.75) is 4.90 Å². The van der Waals surface area contributed by atoms with E-state index in [1.165, 1.54) is 0 Å². The van der Waals surface area contributed by atoms with Gasteiger partial charge in [0.2, 0.25) is 0 Å². The summed E-state index contributed by atoms with van der Waals surface area (Å²) in [6.45, 7) is 0.251. The molecule has 0 saturated carbocycles. The number of carbonyl (C=O) groups is 1. The minimum absolute atomic E-state index is 0.162. The van der Waals surface area contributed by atoms with Gasteiger partial charge in [-0.15, -0.1) is 11.8 Å². The van der Waals surface area contributed by atoms with Gasteiger partial charge in [-0.1, -0.05) is 29.8 Å². The number of thioether (sulfide) groups is 1. The minimum atomic E-state index is -0.533. The molecule has 1 heterocycles. The summed E-state index contributed by atoms with van der Waals surface area (Å²) in [4.78, 5) is 27.7. The predicted octanol–water partition coefficient (Wildman–Crippen LogP) is 4.13. The SMILES string of the molecule is O=C(OCCSc1ccc(Cl)cc1)c1cc2ccccc2c(=O)[nH]1. The third-order valence-electron chi connectivity index (χ3n) is 3.37. The second-order valence-corrected chi connectivity index (χ2v) is 6.64. The summed E-state index contributed by atoms with van der Waals surface area (Å²) in [6, 6.07) is 16.2. The quantitative estimate of drug-likeness (QED) is 0.422. The van der Waals surface area contributed by atoms with E-state index >= 15 is 0 Å². The maximum Gasteiger partial charge on any atom is 0.354 e. The number of ether oxygens (including phenoxy) is 1. The number of halogens is 1. The van der Waals surface area contributed by atoms with E-state index in [1.807, 2.05) is 30.3 Å². The van der Waals surface area contributed by atoms with E-state index in [9.17, 15) is 9.59 Å². The molecule has 0 atom stereocenters. The number of carbonyl (C=O) groups excluding carboxylic acids is 1. The summed E-state index contributed by atoms with van der Waals surface area (Å²) < 4.78 is 5.22. The van der Waals surface area contributed by atoms with Crippen LogP contribution in [0, 0.1) is 0 Å². The first-order valence-corrected chi connectivity index (χ1v) is 8.67. The van der Waals surface area contributed by atoms with E-state index in [2.05, 4.69) is 4.98 Å². The average Bonchev–Trinajstić information content (AvgIpc) is 2.60. The number of hydrogen-bond donors (Lipinski definition) is 1. The highest BCUT2D eigenvalue weighted by molar-refractivity contribution is 7.99. The number of esters is 1. The molecule has 0 saturated heterocycles. The van der Waals surface area contributed by atoms with Crippen molar-refractivity contribution < 1.29 is 9.53 Å². The number of hydrogen-bond acceptors (Lipinski definition) is 4. The Bertz CT molecular complexity index is 921. The van der Waals surface area contributed by atoms with Crippen molar-refractivity contribution >= 4 is 40.1 Å². The van der Waals surface area contributed by atoms with Crippen LogP contribution in [0.3, 0.4) is 0 Å². The first-order chi connectivity index (χ1) is 11.6. The van der Waals surface area contributed by atoms with Crippen molar-refractivity contribution in [2.75, 3.05) is 12.4 Å². The lowest BCUT2D eigenvalue weighted by Gasteiger charge is -2.06. The van der Waals surface area contributed by atoms with Crippen LogP contribution in [0.15, 0.2) is 64.3 Å². The Labute approximate surface area is 147 Å². The Kier molecular flexibility index (Phi) is 5.23. The number of nitrogens with one attached hydrogen (secondary N) is 1. The second kappa shape index (κ2) is 7.55. The van der Waals surface area contributed by atoms with Crippen molar-refractivity contribution in [1.82, 2.24) is 4.98 Å². The lowest BCUT2D eigenvalue weighted by atomic mass is 10.1. The standard InChI is InChI=1S/C18H14ClNO3S/c19-13-5-7-14(8-6-13)24-10-9-23-18(22)16-11-12-3-1-2-4-15(12)17(21)20-16/h1-8,11H,9-10H2,(H,20,21). The molecule has 0 bridgehead atoms. The number of rotatable bonds is 5. The van der Waals surface area contributed by atoms with Gasteiger partial charge in [0.1, 0.15) is 12.3 Å². The van der Waals surface area contributed by atoms with E-state index < -0.39 is 5.97 Å². The third-order valence-corrected chi connectivity index (χ3v) is 4.60. The van der Waals surface area contributed by atoms with Crippen LogP contribution in [-0.2, 0) is 4.74 Å². The molecule has 4 nitrogen and oxygen atoms in total. The van der Waals surface area contributed by atoms with Gasteiger partial charge in [-0.2, -0.15) is 0 Å². The van der Waals surface area contributed by atoms with Crippen molar-refractivity contribution in [3.8, 4) is 0 Å². The summed E-state index contributed by atoms with van der Waals surface area (Å²) in [5.41, 5.74) is -0.134. The molecule has 3 rings (SSSR count). The van der Waals surface area contributed by atoms with Gasteiger partial charge in [0.25, 0.3) is 5.56 Å².